The van der Waals surface area contributed by atoms with E-state index in [2.05, 4.69) is 0 Å². The second-order valence-corrected chi connectivity index (χ2v) is 3.54. The van der Waals surface area contributed by atoms with Crippen LogP contribution in [0.4, 0.5) is 5.69 Å². The Bertz CT molecular complexity index is 370. The predicted molar refractivity (Wildman–Crippen MR) is 53.2 cm³/mol. The first-order valence-electron chi connectivity index (χ1n) is 4.30. The number of carbonyl (C=O) groups is 2. The maximum Gasteiger partial charge on any atom is 0.234 e. The maximum absolute atomic E-state index is 11.3. The van der Waals surface area contributed by atoms with Crippen molar-refractivity contribution < 1.29 is 9.59 Å². The Morgan fingerprint density at radius 2 is 1.50 bits per heavy atom. The molecule has 0 aliphatic carbocycles. The SMILES string of the molecule is O=C1CCC(=O)N1c1ccc(Cl)cc1. The first kappa shape index (κ1) is 9.21. The fourth-order valence-corrected chi connectivity index (χ4v) is 1.58. The lowest BCUT2D eigenvalue weighted by Gasteiger charge is -2.13. The molecule has 0 atom stereocenters. The minimum absolute atomic E-state index is 0.141. The summed E-state index contributed by atoms with van der Waals surface area (Å²) in [5, 5.41) is 0.591. The summed E-state index contributed by atoms with van der Waals surface area (Å²) in [6.07, 6.45) is 0.614. The Labute approximate surface area is 86.3 Å². The molecule has 0 saturated carbocycles. The lowest BCUT2D eigenvalue weighted by atomic mass is 10.3. The Balaban J connectivity index is 2.34. The van der Waals surface area contributed by atoms with E-state index in [0.29, 0.717) is 23.6 Å². The van der Waals surface area contributed by atoms with E-state index in [1.807, 2.05) is 0 Å². The third-order valence-corrected chi connectivity index (χ3v) is 2.39. The molecule has 1 fully saturated rings. The third-order valence-electron chi connectivity index (χ3n) is 2.14. The van der Waals surface area contributed by atoms with E-state index in [1.54, 1.807) is 24.3 Å². The van der Waals surface area contributed by atoms with Gasteiger partial charge in [0.15, 0.2) is 0 Å². The van der Waals surface area contributed by atoms with Crippen molar-refractivity contribution in [3.05, 3.63) is 29.3 Å². The maximum atomic E-state index is 11.3. The molecule has 14 heavy (non-hydrogen) atoms. The number of benzene rings is 1. The van der Waals surface area contributed by atoms with Gasteiger partial charge < -0.3 is 0 Å². The molecule has 0 bridgehead atoms. The highest BCUT2D eigenvalue weighted by molar-refractivity contribution is 6.30. The summed E-state index contributed by atoms with van der Waals surface area (Å²) in [5.41, 5.74) is 0.599. The van der Waals surface area contributed by atoms with Crippen molar-refractivity contribution >= 4 is 29.1 Å². The van der Waals surface area contributed by atoms with Gasteiger partial charge in [-0.05, 0) is 24.3 Å². The molecule has 3 nitrogen and oxygen atoms in total. The number of imide groups is 1. The summed E-state index contributed by atoms with van der Waals surface area (Å²) in [5.74, 6) is -0.283. The summed E-state index contributed by atoms with van der Waals surface area (Å²) in [6, 6.07) is 6.67. The molecular weight excluding hydrogens is 202 g/mol. The first-order valence-corrected chi connectivity index (χ1v) is 4.67. The van der Waals surface area contributed by atoms with Crippen molar-refractivity contribution in [1.29, 1.82) is 0 Å². The molecule has 1 aromatic rings. The molecular formula is C10H8ClNO2. The molecule has 72 valence electrons. The van der Waals surface area contributed by atoms with Gasteiger partial charge in [-0.15, -0.1) is 0 Å². The molecule has 1 aromatic carbocycles. The highest BCUT2D eigenvalue weighted by atomic mass is 35.5. The van der Waals surface area contributed by atoms with Gasteiger partial charge in [0.05, 0.1) is 5.69 Å². The summed E-state index contributed by atoms with van der Waals surface area (Å²) in [6.45, 7) is 0. The van der Waals surface area contributed by atoms with Gasteiger partial charge in [-0.3, -0.25) is 14.5 Å². The summed E-state index contributed by atoms with van der Waals surface area (Å²) < 4.78 is 0. The topological polar surface area (TPSA) is 37.4 Å². The summed E-state index contributed by atoms with van der Waals surface area (Å²) in [4.78, 5) is 23.9. The van der Waals surface area contributed by atoms with Crippen molar-refractivity contribution in [3.8, 4) is 0 Å². The molecule has 0 radical (unpaired) electrons. The highest BCUT2D eigenvalue weighted by Crippen LogP contribution is 2.23. The van der Waals surface area contributed by atoms with Gasteiger partial charge in [-0.2, -0.15) is 0 Å². The number of hydrogen-bond acceptors (Lipinski definition) is 2. The normalized spacial score (nSPS) is 16.5. The van der Waals surface area contributed by atoms with Gasteiger partial charge >= 0.3 is 0 Å². The van der Waals surface area contributed by atoms with E-state index >= 15 is 0 Å². The second-order valence-electron chi connectivity index (χ2n) is 3.10. The largest absolute Gasteiger partial charge is 0.274 e. The van der Waals surface area contributed by atoms with Gasteiger partial charge in [-0.25, -0.2) is 0 Å². The molecule has 0 unspecified atom stereocenters. The Kier molecular flexibility index (Phi) is 2.25. The number of halogens is 1. The van der Waals surface area contributed by atoms with Crippen LogP contribution in [-0.2, 0) is 9.59 Å². The molecule has 0 spiro atoms. The molecule has 1 heterocycles. The van der Waals surface area contributed by atoms with E-state index in [1.165, 1.54) is 4.90 Å². The van der Waals surface area contributed by atoms with Crippen LogP contribution in [0.1, 0.15) is 12.8 Å². The number of anilines is 1. The van der Waals surface area contributed by atoms with E-state index in [0.717, 1.165) is 0 Å². The van der Waals surface area contributed by atoms with Crippen LogP contribution in [0.3, 0.4) is 0 Å². The Morgan fingerprint density at radius 1 is 1.00 bits per heavy atom. The smallest absolute Gasteiger partial charge is 0.234 e. The second kappa shape index (κ2) is 3.42. The van der Waals surface area contributed by atoms with Crippen LogP contribution in [-0.4, -0.2) is 11.8 Å². The van der Waals surface area contributed by atoms with Crippen LogP contribution in [0, 0.1) is 0 Å². The quantitative estimate of drug-likeness (QED) is 0.664. The molecule has 0 N–H and O–H groups in total. The predicted octanol–water partition coefficient (Wildman–Crippen LogP) is 1.99. The van der Waals surface area contributed by atoms with Gasteiger partial charge in [0, 0.05) is 17.9 Å². The number of rotatable bonds is 1. The fourth-order valence-electron chi connectivity index (χ4n) is 1.45. The van der Waals surface area contributed by atoms with Crippen LogP contribution >= 0.6 is 11.6 Å². The number of nitrogens with zero attached hydrogens (tertiary/aromatic N) is 1. The molecule has 2 amide bonds. The summed E-state index contributed by atoms with van der Waals surface area (Å²) in [7, 11) is 0. The number of hydrogen-bond donors (Lipinski definition) is 0. The lowest BCUT2D eigenvalue weighted by molar-refractivity contribution is -0.121. The monoisotopic (exact) mass is 209 g/mol. The Morgan fingerprint density at radius 3 is 2.00 bits per heavy atom. The van der Waals surface area contributed by atoms with Crippen LogP contribution in [0.5, 0.6) is 0 Å². The average Bonchev–Trinajstić information content (AvgIpc) is 2.49. The zero-order chi connectivity index (χ0) is 10.1. The number of carbonyl (C=O) groups excluding carboxylic acids is 2. The molecule has 1 aliphatic heterocycles. The minimum Gasteiger partial charge on any atom is -0.274 e. The zero-order valence-electron chi connectivity index (χ0n) is 7.37. The van der Waals surface area contributed by atoms with Crippen molar-refractivity contribution in [3.63, 3.8) is 0 Å². The van der Waals surface area contributed by atoms with Crippen molar-refractivity contribution in [2.24, 2.45) is 0 Å². The molecule has 1 aliphatic rings. The summed E-state index contributed by atoms with van der Waals surface area (Å²) >= 11 is 5.70. The average molecular weight is 210 g/mol. The molecule has 2 rings (SSSR count). The zero-order valence-corrected chi connectivity index (χ0v) is 8.12. The first-order chi connectivity index (χ1) is 6.68. The van der Waals surface area contributed by atoms with Crippen molar-refractivity contribution in [2.45, 2.75) is 12.8 Å². The van der Waals surface area contributed by atoms with Crippen molar-refractivity contribution in [1.82, 2.24) is 0 Å². The molecule has 4 heteroatoms. The number of amides is 2. The molecule has 1 saturated heterocycles. The fraction of sp³-hybridized carbons (Fsp3) is 0.200. The van der Waals surface area contributed by atoms with Crippen LogP contribution in [0.2, 0.25) is 5.02 Å². The minimum atomic E-state index is -0.141. The lowest BCUT2D eigenvalue weighted by Crippen LogP contribution is -2.28. The van der Waals surface area contributed by atoms with E-state index in [4.69, 9.17) is 11.6 Å². The molecule has 0 aromatic heterocycles. The van der Waals surface area contributed by atoms with Gasteiger partial charge in [0.2, 0.25) is 11.8 Å². The van der Waals surface area contributed by atoms with E-state index < -0.39 is 0 Å². The highest BCUT2D eigenvalue weighted by Gasteiger charge is 2.29. The van der Waals surface area contributed by atoms with Crippen LogP contribution in [0.15, 0.2) is 24.3 Å². The standard InChI is InChI=1S/C10H8ClNO2/c11-7-1-3-8(4-2-7)12-9(13)5-6-10(12)14/h1-4H,5-6H2. The van der Waals surface area contributed by atoms with E-state index in [-0.39, 0.29) is 11.8 Å². The van der Waals surface area contributed by atoms with Crippen LogP contribution < -0.4 is 4.90 Å². The van der Waals surface area contributed by atoms with Crippen molar-refractivity contribution in [2.75, 3.05) is 4.90 Å². The van der Waals surface area contributed by atoms with Crippen LogP contribution in [0.25, 0.3) is 0 Å². The van der Waals surface area contributed by atoms with Gasteiger partial charge in [0.1, 0.15) is 0 Å². The third kappa shape index (κ3) is 1.51. The Hall–Kier alpha value is -1.35. The van der Waals surface area contributed by atoms with Gasteiger partial charge in [0.25, 0.3) is 0 Å². The van der Waals surface area contributed by atoms with E-state index in [9.17, 15) is 9.59 Å². The van der Waals surface area contributed by atoms with Gasteiger partial charge in [-0.1, -0.05) is 11.6 Å².